The maximum absolute atomic E-state index is 11.2. The average molecular weight is 201 g/mol. The Morgan fingerprint density at radius 3 is 2.71 bits per heavy atom. The van der Waals surface area contributed by atoms with Gasteiger partial charge in [0.05, 0.1) is 7.11 Å². The van der Waals surface area contributed by atoms with Gasteiger partial charge in [0.1, 0.15) is 6.04 Å². The van der Waals surface area contributed by atoms with Crippen LogP contribution in [0.1, 0.15) is 19.3 Å². The standard InChI is InChI=1S/C10H19NO3/c1-13-8-4-3-6-11-7-5-9(11)10(12)14-2/h9H,3-8H2,1-2H3. The molecule has 1 aliphatic heterocycles. The third-order valence-corrected chi connectivity index (χ3v) is 2.65. The number of carbonyl (C=O) groups excluding carboxylic acids is 1. The number of unbranched alkanes of at least 4 members (excludes halogenated alkanes) is 1. The molecule has 4 nitrogen and oxygen atoms in total. The normalized spacial score (nSPS) is 21.7. The molecule has 1 fully saturated rings. The Morgan fingerprint density at radius 1 is 1.43 bits per heavy atom. The van der Waals surface area contributed by atoms with Crippen LogP contribution in [0.25, 0.3) is 0 Å². The van der Waals surface area contributed by atoms with E-state index in [1.165, 1.54) is 7.11 Å². The molecule has 0 aliphatic carbocycles. The summed E-state index contributed by atoms with van der Waals surface area (Å²) in [6.45, 7) is 2.80. The van der Waals surface area contributed by atoms with Crippen LogP contribution in [-0.2, 0) is 14.3 Å². The number of methoxy groups -OCH3 is 2. The highest BCUT2D eigenvalue weighted by atomic mass is 16.5. The molecule has 0 aromatic carbocycles. The summed E-state index contributed by atoms with van der Waals surface area (Å²) in [5.74, 6) is -0.0945. The molecule has 1 rings (SSSR count). The average Bonchev–Trinajstić information content (AvgIpc) is 2.15. The van der Waals surface area contributed by atoms with E-state index >= 15 is 0 Å². The topological polar surface area (TPSA) is 38.8 Å². The molecule has 1 heterocycles. The number of hydrogen-bond donors (Lipinski definition) is 0. The fourth-order valence-electron chi connectivity index (χ4n) is 1.67. The highest BCUT2D eigenvalue weighted by Crippen LogP contribution is 2.18. The highest BCUT2D eigenvalue weighted by molar-refractivity contribution is 5.76. The Morgan fingerprint density at radius 2 is 2.21 bits per heavy atom. The number of likely N-dealkylation sites (tertiary alicyclic amines) is 1. The summed E-state index contributed by atoms with van der Waals surface area (Å²) >= 11 is 0. The van der Waals surface area contributed by atoms with Crippen LogP contribution in [-0.4, -0.2) is 50.8 Å². The van der Waals surface area contributed by atoms with Gasteiger partial charge in [-0.05, 0) is 25.8 Å². The molecular weight excluding hydrogens is 182 g/mol. The summed E-state index contributed by atoms with van der Waals surface area (Å²) in [4.78, 5) is 13.4. The van der Waals surface area contributed by atoms with Crippen LogP contribution in [0.15, 0.2) is 0 Å². The van der Waals surface area contributed by atoms with E-state index in [4.69, 9.17) is 9.47 Å². The van der Waals surface area contributed by atoms with Crippen LogP contribution >= 0.6 is 0 Å². The number of carbonyl (C=O) groups is 1. The Labute approximate surface area is 85.2 Å². The van der Waals surface area contributed by atoms with Gasteiger partial charge >= 0.3 is 5.97 Å². The molecule has 1 atom stereocenters. The van der Waals surface area contributed by atoms with Crippen molar-refractivity contribution in [1.29, 1.82) is 0 Å². The van der Waals surface area contributed by atoms with E-state index in [0.717, 1.165) is 39.0 Å². The molecule has 14 heavy (non-hydrogen) atoms. The van der Waals surface area contributed by atoms with Gasteiger partial charge < -0.3 is 9.47 Å². The second-order valence-corrected chi connectivity index (χ2v) is 3.56. The van der Waals surface area contributed by atoms with E-state index in [9.17, 15) is 4.79 Å². The minimum Gasteiger partial charge on any atom is -0.468 e. The van der Waals surface area contributed by atoms with Crippen molar-refractivity contribution in [3.8, 4) is 0 Å². The van der Waals surface area contributed by atoms with Crippen molar-refractivity contribution >= 4 is 5.97 Å². The van der Waals surface area contributed by atoms with E-state index in [0.29, 0.717) is 0 Å². The zero-order valence-electron chi connectivity index (χ0n) is 8.99. The first kappa shape index (κ1) is 11.5. The summed E-state index contributed by atoms with van der Waals surface area (Å²) < 4.78 is 9.67. The molecule has 0 amide bonds. The second-order valence-electron chi connectivity index (χ2n) is 3.56. The van der Waals surface area contributed by atoms with Gasteiger partial charge in [-0.3, -0.25) is 9.69 Å². The molecular formula is C10H19NO3. The van der Waals surface area contributed by atoms with E-state index in [-0.39, 0.29) is 12.0 Å². The first-order chi connectivity index (χ1) is 6.79. The van der Waals surface area contributed by atoms with Gasteiger partial charge in [-0.15, -0.1) is 0 Å². The van der Waals surface area contributed by atoms with Crippen molar-refractivity contribution in [1.82, 2.24) is 4.90 Å². The Balaban J connectivity index is 2.10. The molecule has 1 unspecified atom stereocenters. The van der Waals surface area contributed by atoms with Crippen molar-refractivity contribution in [2.24, 2.45) is 0 Å². The van der Waals surface area contributed by atoms with Crippen molar-refractivity contribution in [3.63, 3.8) is 0 Å². The lowest BCUT2D eigenvalue weighted by atomic mass is 10.0. The van der Waals surface area contributed by atoms with Crippen molar-refractivity contribution in [3.05, 3.63) is 0 Å². The minimum absolute atomic E-state index is 0.0162. The van der Waals surface area contributed by atoms with Gasteiger partial charge in [0.15, 0.2) is 0 Å². The Hall–Kier alpha value is -0.610. The molecule has 4 heteroatoms. The third-order valence-electron chi connectivity index (χ3n) is 2.65. The predicted molar refractivity (Wildman–Crippen MR) is 53.1 cm³/mol. The van der Waals surface area contributed by atoms with Crippen molar-refractivity contribution in [2.45, 2.75) is 25.3 Å². The monoisotopic (exact) mass is 201 g/mol. The minimum atomic E-state index is -0.0945. The maximum Gasteiger partial charge on any atom is 0.323 e. The first-order valence-corrected chi connectivity index (χ1v) is 5.10. The quantitative estimate of drug-likeness (QED) is 0.467. The zero-order valence-corrected chi connectivity index (χ0v) is 8.99. The molecule has 0 radical (unpaired) electrons. The smallest absolute Gasteiger partial charge is 0.323 e. The number of rotatable bonds is 6. The van der Waals surface area contributed by atoms with Gasteiger partial charge in [-0.1, -0.05) is 0 Å². The summed E-state index contributed by atoms with van der Waals surface area (Å²) in [5.41, 5.74) is 0. The lowest BCUT2D eigenvalue weighted by Crippen LogP contribution is -2.52. The van der Waals surface area contributed by atoms with Gasteiger partial charge in [-0.2, -0.15) is 0 Å². The molecule has 0 saturated carbocycles. The van der Waals surface area contributed by atoms with Gasteiger partial charge in [0.2, 0.25) is 0 Å². The molecule has 0 N–H and O–H groups in total. The van der Waals surface area contributed by atoms with Gasteiger partial charge in [0.25, 0.3) is 0 Å². The Kier molecular flexibility index (Phi) is 4.90. The van der Waals surface area contributed by atoms with Gasteiger partial charge in [-0.25, -0.2) is 0 Å². The zero-order chi connectivity index (χ0) is 10.4. The fraction of sp³-hybridized carbons (Fsp3) is 0.900. The lowest BCUT2D eigenvalue weighted by molar-refractivity contribution is -0.151. The molecule has 0 aromatic rings. The highest BCUT2D eigenvalue weighted by Gasteiger charge is 2.34. The van der Waals surface area contributed by atoms with Crippen molar-refractivity contribution < 1.29 is 14.3 Å². The fourth-order valence-corrected chi connectivity index (χ4v) is 1.67. The van der Waals surface area contributed by atoms with E-state index in [2.05, 4.69) is 4.90 Å². The van der Waals surface area contributed by atoms with Crippen LogP contribution in [0, 0.1) is 0 Å². The van der Waals surface area contributed by atoms with E-state index < -0.39 is 0 Å². The first-order valence-electron chi connectivity index (χ1n) is 5.10. The summed E-state index contributed by atoms with van der Waals surface area (Å²) in [7, 11) is 3.16. The molecule has 0 bridgehead atoms. The van der Waals surface area contributed by atoms with E-state index in [1.807, 2.05) is 0 Å². The predicted octanol–water partition coefficient (Wildman–Crippen LogP) is 0.660. The third kappa shape index (κ3) is 2.96. The number of esters is 1. The summed E-state index contributed by atoms with van der Waals surface area (Å²) in [6, 6.07) is 0.0162. The number of hydrogen-bond acceptors (Lipinski definition) is 4. The SMILES string of the molecule is COCCCCN1CCC1C(=O)OC. The summed E-state index contributed by atoms with van der Waals surface area (Å²) in [6.07, 6.45) is 3.08. The van der Waals surface area contributed by atoms with E-state index in [1.54, 1.807) is 7.11 Å². The molecule has 0 aromatic heterocycles. The molecule has 1 saturated heterocycles. The summed E-state index contributed by atoms with van der Waals surface area (Å²) in [5, 5.41) is 0. The van der Waals surface area contributed by atoms with Crippen LogP contribution < -0.4 is 0 Å². The molecule has 82 valence electrons. The lowest BCUT2D eigenvalue weighted by Gasteiger charge is -2.38. The van der Waals surface area contributed by atoms with Gasteiger partial charge in [0, 0.05) is 20.3 Å². The number of ether oxygens (including phenoxy) is 2. The van der Waals surface area contributed by atoms with Crippen LogP contribution in [0.2, 0.25) is 0 Å². The Bertz CT molecular complexity index is 184. The largest absolute Gasteiger partial charge is 0.468 e. The van der Waals surface area contributed by atoms with Crippen LogP contribution in [0.5, 0.6) is 0 Å². The van der Waals surface area contributed by atoms with Crippen LogP contribution in [0.3, 0.4) is 0 Å². The molecule has 1 aliphatic rings. The van der Waals surface area contributed by atoms with Crippen LogP contribution in [0.4, 0.5) is 0 Å². The maximum atomic E-state index is 11.2. The number of nitrogens with zero attached hydrogens (tertiary/aromatic N) is 1. The second kappa shape index (κ2) is 5.98. The van der Waals surface area contributed by atoms with Crippen molar-refractivity contribution in [2.75, 3.05) is 33.9 Å². The molecule has 0 spiro atoms.